The number of nitrogens with one attached hydrogen (secondary N) is 3. The second kappa shape index (κ2) is 7.54. The normalized spacial score (nSPS) is 10.2. The summed E-state index contributed by atoms with van der Waals surface area (Å²) in [5.74, 6) is -1.36. The van der Waals surface area contributed by atoms with Crippen LogP contribution in [0.3, 0.4) is 0 Å². The number of hydrazine groups is 1. The van der Waals surface area contributed by atoms with Gasteiger partial charge in [-0.05, 0) is 29.7 Å². The number of benzene rings is 1. The largest absolute Gasteiger partial charge is 0.343 e. The van der Waals surface area contributed by atoms with E-state index in [-0.39, 0.29) is 6.54 Å². The number of hydrogen-bond donors (Lipinski definition) is 3. The fourth-order valence-corrected chi connectivity index (χ4v) is 3.04. The Balaban J connectivity index is 1.48. The van der Waals surface area contributed by atoms with E-state index in [1.54, 1.807) is 24.4 Å². The predicted octanol–water partition coefficient (Wildman–Crippen LogP) is 1.49. The Morgan fingerprint density at radius 1 is 1.00 bits per heavy atom. The van der Waals surface area contributed by atoms with Gasteiger partial charge in [0.25, 0.3) is 17.7 Å². The maximum Gasteiger partial charge on any atom is 0.279 e. The first-order chi connectivity index (χ1) is 12.1. The van der Waals surface area contributed by atoms with Gasteiger partial charge in [-0.25, -0.2) is 0 Å². The van der Waals surface area contributed by atoms with Crippen molar-refractivity contribution in [1.82, 2.24) is 21.2 Å². The van der Waals surface area contributed by atoms with Crippen LogP contribution < -0.4 is 16.2 Å². The molecule has 0 aliphatic carbocycles. The van der Waals surface area contributed by atoms with Crippen LogP contribution in [0.5, 0.6) is 0 Å². The van der Waals surface area contributed by atoms with Crippen molar-refractivity contribution in [3.8, 4) is 0 Å². The highest BCUT2D eigenvalue weighted by atomic mass is 32.1. The van der Waals surface area contributed by atoms with Crippen molar-refractivity contribution >= 4 is 39.1 Å². The molecule has 3 rings (SSSR count). The molecule has 0 unspecified atom stereocenters. The molecular formula is C17H14N4O3S. The van der Waals surface area contributed by atoms with Crippen LogP contribution in [0, 0.1) is 0 Å². The van der Waals surface area contributed by atoms with Crippen LogP contribution in [0.4, 0.5) is 0 Å². The molecule has 3 N–H and O–H groups in total. The van der Waals surface area contributed by atoms with Gasteiger partial charge in [0.2, 0.25) is 0 Å². The van der Waals surface area contributed by atoms with Gasteiger partial charge >= 0.3 is 0 Å². The molecular weight excluding hydrogens is 340 g/mol. The highest BCUT2D eigenvalue weighted by Gasteiger charge is 2.12. The molecule has 0 radical (unpaired) electrons. The van der Waals surface area contributed by atoms with Crippen molar-refractivity contribution in [3.63, 3.8) is 0 Å². The van der Waals surface area contributed by atoms with Gasteiger partial charge in [0.1, 0.15) is 0 Å². The second-order valence-corrected chi connectivity index (χ2v) is 6.16. The van der Waals surface area contributed by atoms with E-state index in [1.807, 2.05) is 24.3 Å². The number of carbonyl (C=O) groups is 3. The summed E-state index contributed by atoms with van der Waals surface area (Å²) >= 11 is 1.33. The molecule has 0 atom stereocenters. The number of fused-ring (bicyclic) bond motifs is 1. The minimum absolute atomic E-state index is 0.263. The van der Waals surface area contributed by atoms with Crippen molar-refractivity contribution in [2.24, 2.45) is 0 Å². The van der Waals surface area contributed by atoms with E-state index in [2.05, 4.69) is 21.2 Å². The highest BCUT2D eigenvalue weighted by Crippen LogP contribution is 2.24. The molecule has 8 heteroatoms. The van der Waals surface area contributed by atoms with E-state index in [4.69, 9.17) is 0 Å². The van der Waals surface area contributed by atoms with Crippen LogP contribution in [0.15, 0.2) is 54.9 Å². The van der Waals surface area contributed by atoms with Crippen molar-refractivity contribution in [2.45, 2.75) is 0 Å². The summed E-state index contributed by atoms with van der Waals surface area (Å²) in [6.07, 6.45) is 2.95. The summed E-state index contributed by atoms with van der Waals surface area (Å²) in [5.41, 5.74) is 4.95. The molecule has 0 aliphatic heterocycles. The molecule has 0 fully saturated rings. The van der Waals surface area contributed by atoms with Crippen molar-refractivity contribution in [2.75, 3.05) is 6.54 Å². The monoisotopic (exact) mass is 354 g/mol. The zero-order chi connectivity index (χ0) is 17.6. The summed E-state index contributed by atoms with van der Waals surface area (Å²) in [7, 11) is 0. The minimum Gasteiger partial charge on any atom is -0.343 e. The standard InChI is InChI=1S/C17H14N4O3S/c22-15(10-19-16(23)12-5-3-7-18-9-12)20-21-17(24)14-8-11-4-1-2-6-13(11)25-14/h1-9H,10H2,(H,19,23)(H,20,22)(H,21,24). The molecule has 25 heavy (non-hydrogen) atoms. The van der Waals surface area contributed by atoms with E-state index < -0.39 is 17.7 Å². The molecule has 1 aromatic carbocycles. The zero-order valence-corrected chi connectivity index (χ0v) is 13.8. The topological polar surface area (TPSA) is 100 Å². The number of hydrogen-bond acceptors (Lipinski definition) is 5. The number of pyridine rings is 1. The lowest BCUT2D eigenvalue weighted by Crippen LogP contribution is -2.46. The molecule has 0 spiro atoms. The highest BCUT2D eigenvalue weighted by molar-refractivity contribution is 7.20. The van der Waals surface area contributed by atoms with Crippen molar-refractivity contribution in [3.05, 3.63) is 65.3 Å². The Kier molecular flexibility index (Phi) is 5.00. The molecule has 0 bridgehead atoms. The van der Waals surface area contributed by atoms with Crippen LogP contribution in [-0.2, 0) is 4.79 Å². The first-order valence-corrected chi connectivity index (χ1v) is 8.21. The SMILES string of the molecule is O=C(CNC(=O)c1cccnc1)NNC(=O)c1cc2ccccc2s1. The van der Waals surface area contributed by atoms with E-state index in [0.29, 0.717) is 10.4 Å². The third-order valence-corrected chi connectivity index (χ3v) is 4.41. The Labute approximate surface area is 147 Å². The Bertz CT molecular complexity index is 891. The number of thiophene rings is 1. The summed E-state index contributed by atoms with van der Waals surface area (Å²) in [4.78, 5) is 39.9. The third-order valence-electron chi connectivity index (χ3n) is 3.30. The molecule has 2 heterocycles. The van der Waals surface area contributed by atoms with Crippen LogP contribution in [0.25, 0.3) is 10.1 Å². The Morgan fingerprint density at radius 3 is 2.60 bits per heavy atom. The van der Waals surface area contributed by atoms with Crippen LogP contribution in [0.1, 0.15) is 20.0 Å². The molecule has 0 saturated heterocycles. The Hall–Kier alpha value is -3.26. The fourth-order valence-electron chi connectivity index (χ4n) is 2.09. The van der Waals surface area contributed by atoms with Gasteiger partial charge in [-0.3, -0.25) is 30.2 Å². The molecule has 2 aromatic heterocycles. The van der Waals surface area contributed by atoms with E-state index in [1.165, 1.54) is 17.5 Å². The van der Waals surface area contributed by atoms with Crippen LogP contribution in [-0.4, -0.2) is 29.3 Å². The Morgan fingerprint density at radius 2 is 1.84 bits per heavy atom. The van der Waals surface area contributed by atoms with E-state index in [9.17, 15) is 14.4 Å². The van der Waals surface area contributed by atoms with E-state index in [0.717, 1.165) is 10.1 Å². The smallest absolute Gasteiger partial charge is 0.279 e. The van der Waals surface area contributed by atoms with Gasteiger partial charge in [-0.1, -0.05) is 18.2 Å². The van der Waals surface area contributed by atoms with Crippen LogP contribution >= 0.6 is 11.3 Å². The first kappa shape index (κ1) is 16.6. The van der Waals surface area contributed by atoms with E-state index >= 15 is 0 Å². The lowest BCUT2D eigenvalue weighted by molar-refractivity contribution is -0.120. The van der Waals surface area contributed by atoms with Gasteiger partial charge in [-0.2, -0.15) is 0 Å². The van der Waals surface area contributed by atoms with Gasteiger partial charge < -0.3 is 5.32 Å². The maximum absolute atomic E-state index is 12.1. The molecule has 126 valence electrons. The number of nitrogens with zero attached hydrogens (tertiary/aromatic N) is 1. The zero-order valence-electron chi connectivity index (χ0n) is 13.0. The third kappa shape index (κ3) is 4.18. The molecule has 0 aliphatic rings. The van der Waals surface area contributed by atoms with Gasteiger partial charge in [0.15, 0.2) is 0 Å². The summed E-state index contributed by atoms with van der Waals surface area (Å²) in [5, 5.41) is 3.41. The molecule has 3 aromatic rings. The van der Waals surface area contributed by atoms with Gasteiger partial charge in [0.05, 0.1) is 17.0 Å². The number of rotatable bonds is 4. The van der Waals surface area contributed by atoms with Crippen LogP contribution in [0.2, 0.25) is 0 Å². The average Bonchev–Trinajstić information content (AvgIpc) is 3.09. The number of amides is 3. The number of carbonyl (C=O) groups excluding carboxylic acids is 3. The molecule has 7 nitrogen and oxygen atoms in total. The second-order valence-electron chi connectivity index (χ2n) is 5.08. The minimum atomic E-state index is -0.535. The van der Waals surface area contributed by atoms with Crippen molar-refractivity contribution < 1.29 is 14.4 Å². The fraction of sp³-hybridized carbons (Fsp3) is 0.0588. The molecule has 3 amide bonds. The number of aromatic nitrogens is 1. The maximum atomic E-state index is 12.1. The lowest BCUT2D eigenvalue weighted by Gasteiger charge is -2.07. The quantitative estimate of drug-likeness (QED) is 0.618. The summed E-state index contributed by atoms with van der Waals surface area (Å²) in [6, 6.07) is 12.6. The van der Waals surface area contributed by atoms with Gasteiger partial charge in [0, 0.05) is 17.1 Å². The molecule has 0 saturated carbocycles. The average molecular weight is 354 g/mol. The first-order valence-electron chi connectivity index (χ1n) is 7.39. The van der Waals surface area contributed by atoms with Gasteiger partial charge in [-0.15, -0.1) is 11.3 Å². The lowest BCUT2D eigenvalue weighted by atomic mass is 10.2. The summed E-state index contributed by atoms with van der Waals surface area (Å²) < 4.78 is 0.989. The summed E-state index contributed by atoms with van der Waals surface area (Å²) in [6.45, 7) is -0.263. The predicted molar refractivity (Wildman–Crippen MR) is 94.0 cm³/mol. The van der Waals surface area contributed by atoms with Crippen molar-refractivity contribution in [1.29, 1.82) is 0 Å².